The van der Waals surface area contributed by atoms with E-state index in [-0.39, 0.29) is 31.1 Å². The zero-order valence-electron chi connectivity index (χ0n) is 44.4. The van der Waals surface area contributed by atoms with Crippen molar-refractivity contribution < 1.29 is 28.6 Å². The topological polar surface area (TPSA) is 78.9 Å². The lowest BCUT2D eigenvalue weighted by Gasteiger charge is -2.18. The van der Waals surface area contributed by atoms with Gasteiger partial charge in [0, 0.05) is 19.3 Å². The second-order valence-electron chi connectivity index (χ2n) is 19.2. The molecule has 0 bridgehead atoms. The maximum Gasteiger partial charge on any atom is 0.306 e. The Morgan fingerprint density at radius 3 is 0.896 bits per heavy atom. The van der Waals surface area contributed by atoms with Crippen LogP contribution in [0.25, 0.3) is 0 Å². The van der Waals surface area contributed by atoms with Gasteiger partial charge in [0.2, 0.25) is 0 Å². The number of hydrogen-bond acceptors (Lipinski definition) is 6. The Morgan fingerprint density at radius 1 is 0.299 bits per heavy atom. The monoisotopic (exact) mass is 937 g/mol. The number of esters is 3. The molecule has 388 valence electrons. The molecule has 0 spiro atoms. The Hall–Kier alpha value is -2.89. The summed E-state index contributed by atoms with van der Waals surface area (Å²) >= 11 is 0. The minimum atomic E-state index is -0.790. The zero-order chi connectivity index (χ0) is 48.6. The van der Waals surface area contributed by atoms with Crippen LogP contribution >= 0.6 is 0 Å². The molecule has 0 heterocycles. The van der Waals surface area contributed by atoms with E-state index in [0.717, 1.165) is 89.9 Å². The number of carbonyl (C=O) groups is 3. The van der Waals surface area contributed by atoms with Crippen LogP contribution in [0.2, 0.25) is 0 Å². The summed E-state index contributed by atoms with van der Waals surface area (Å²) in [6.07, 6.45) is 69.2. The summed E-state index contributed by atoms with van der Waals surface area (Å²) in [5.74, 6) is -0.909. The van der Waals surface area contributed by atoms with Crippen molar-refractivity contribution in [2.24, 2.45) is 0 Å². The number of allylic oxidation sites excluding steroid dienone is 10. The van der Waals surface area contributed by atoms with Crippen LogP contribution in [0.15, 0.2) is 60.8 Å². The maximum absolute atomic E-state index is 12.8. The van der Waals surface area contributed by atoms with Gasteiger partial charge in [-0.25, -0.2) is 0 Å². The minimum absolute atomic E-state index is 0.0861. The van der Waals surface area contributed by atoms with Crippen molar-refractivity contribution in [3.05, 3.63) is 60.8 Å². The molecule has 0 aliphatic carbocycles. The molecule has 0 radical (unpaired) electrons. The molecule has 0 aliphatic heterocycles. The van der Waals surface area contributed by atoms with Gasteiger partial charge in [-0.1, -0.05) is 223 Å². The van der Waals surface area contributed by atoms with Crippen LogP contribution in [0.5, 0.6) is 0 Å². The van der Waals surface area contributed by atoms with Crippen molar-refractivity contribution in [3.8, 4) is 0 Å². The average molecular weight is 938 g/mol. The molecule has 6 heteroatoms. The van der Waals surface area contributed by atoms with Gasteiger partial charge in [-0.05, 0) is 109 Å². The Kier molecular flexibility index (Phi) is 53.3. The molecule has 0 amide bonds. The lowest BCUT2D eigenvalue weighted by atomic mass is 10.1. The van der Waals surface area contributed by atoms with E-state index in [1.807, 2.05) is 0 Å². The number of unbranched alkanes of at least 4 members (excludes halogenated alkanes) is 31. The first-order valence-corrected chi connectivity index (χ1v) is 28.8. The minimum Gasteiger partial charge on any atom is -0.462 e. The molecule has 6 nitrogen and oxygen atoms in total. The largest absolute Gasteiger partial charge is 0.462 e. The maximum atomic E-state index is 12.8. The number of rotatable bonds is 52. The van der Waals surface area contributed by atoms with Gasteiger partial charge in [0.05, 0.1) is 0 Å². The van der Waals surface area contributed by atoms with E-state index >= 15 is 0 Å². The number of hydrogen-bond donors (Lipinski definition) is 0. The molecular weight excluding hydrogens is 829 g/mol. The van der Waals surface area contributed by atoms with E-state index < -0.39 is 6.10 Å². The van der Waals surface area contributed by atoms with Crippen LogP contribution < -0.4 is 0 Å². The molecule has 0 unspecified atom stereocenters. The van der Waals surface area contributed by atoms with Gasteiger partial charge in [0.25, 0.3) is 0 Å². The van der Waals surface area contributed by atoms with Crippen LogP contribution in [0.4, 0.5) is 0 Å². The lowest BCUT2D eigenvalue weighted by molar-refractivity contribution is -0.167. The van der Waals surface area contributed by atoms with Crippen LogP contribution in [0, 0.1) is 0 Å². The van der Waals surface area contributed by atoms with Gasteiger partial charge in [-0.2, -0.15) is 0 Å². The first kappa shape index (κ1) is 64.1. The zero-order valence-corrected chi connectivity index (χ0v) is 44.4. The molecule has 1 atom stereocenters. The van der Waals surface area contributed by atoms with Gasteiger partial charge in [0.15, 0.2) is 6.10 Å². The molecule has 0 N–H and O–H groups in total. The molecule has 0 aromatic rings. The third-order valence-electron chi connectivity index (χ3n) is 12.5. The molecule has 0 aromatic carbocycles. The molecule has 0 saturated carbocycles. The molecule has 0 saturated heterocycles. The fourth-order valence-electron chi connectivity index (χ4n) is 8.09. The molecule has 67 heavy (non-hydrogen) atoms. The van der Waals surface area contributed by atoms with Crippen molar-refractivity contribution in [1.29, 1.82) is 0 Å². The average Bonchev–Trinajstić information content (AvgIpc) is 3.33. The van der Waals surface area contributed by atoms with Crippen LogP contribution in [-0.2, 0) is 28.6 Å². The lowest BCUT2D eigenvalue weighted by Crippen LogP contribution is -2.30. The molecular formula is C61H108O6. The van der Waals surface area contributed by atoms with Crippen LogP contribution in [0.3, 0.4) is 0 Å². The predicted octanol–water partition coefficient (Wildman–Crippen LogP) is 19.2. The Balaban J connectivity index is 4.39. The van der Waals surface area contributed by atoms with Gasteiger partial charge >= 0.3 is 17.9 Å². The van der Waals surface area contributed by atoms with Gasteiger partial charge < -0.3 is 14.2 Å². The number of ether oxygens (including phenoxy) is 3. The van der Waals surface area contributed by atoms with Crippen molar-refractivity contribution in [2.75, 3.05) is 13.2 Å². The SMILES string of the molecule is CCCCC/C=C\C/C=C\C/C=C\CCCCCCC(=O)O[C@H](COC(=O)CCCCCCC/C=C\CCCCCC)COC(=O)CCCCCCCCCCC/C=C\CCCCCCCC. The molecule has 0 rings (SSSR count). The van der Waals surface area contributed by atoms with E-state index in [1.54, 1.807) is 0 Å². The first-order valence-electron chi connectivity index (χ1n) is 28.8. The van der Waals surface area contributed by atoms with Gasteiger partial charge in [-0.15, -0.1) is 0 Å². The van der Waals surface area contributed by atoms with E-state index in [1.165, 1.54) is 161 Å². The molecule has 0 aliphatic rings. The highest BCUT2D eigenvalue weighted by Crippen LogP contribution is 2.15. The standard InChI is InChI=1S/C61H108O6/c1-4-7-10-13-16-19-22-25-27-29-30-32-33-36-39-42-45-48-51-54-60(63)66-57-58(56-65-59(62)53-50-47-44-41-38-35-24-21-18-15-12-9-6-3)67-61(64)55-52-49-46-43-40-37-34-31-28-26-23-20-17-14-11-8-5-2/h17,20-21,24-28,34,37,58H,4-16,18-19,22-23,29-33,35-36,38-57H2,1-3H3/b20-17-,24-21-,27-25-,28-26-,37-34-/t58-/m1/s1. The summed E-state index contributed by atoms with van der Waals surface area (Å²) in [6, 6.07) is 0. The van der Waals surface area contributed by atoms with Crippen molar-refractivity contribution in [3.63, 3.8) is 0 Å². The third-order valence-corrected chi connectivity index (χ3v) is 12.5. The quantitative estimate of drug-likeness (QED) is 0.0262. The summed E-state index contributed by atoms with van der Waals surface area (Å²) < 4.78 is 16.8. The van der Waals surface area contributed by atoms with E-state index in [9.17, 15) is 14.4 Å². The highest BCUT2D eigenvalue weighted by Gasteiger charge is 2.19. The van der Waals surface area contributed by atoms with Crippen molar-refractivity contribution >= 4 is 17.9 Å². The second-order valence-corrected chi connectivity index (χ2v) is 19.2. The normalized spacial score (nSPS) is 12.5. The number of carbonyl (C=O) groups excluding carboxylic acids is 3. The van der Waals surface area contributed by atoms with Crippen LogP contribution in [0.1, 0.15) is 290 Å². The Labute approximate surface area is 415 Å². The third kappa shape index (κ3) is 53.9. The highest BCUT2D eigenvalue weighted by atomic mass is 16.6. The van der Waals surface area contributed by atoms with Crippen LogP contribution in [-0.4, -0.2) is 37.2 Å². The summed E-state index contributed by atoms with van der Waals surface area (Å²) in [4.78, 5) is 38.1. The van der Waals surface area contributed by atoms with E-state index in [4.69, 9.17) is 14.2 Å². The van der Waals surface area contributed by atoms with E-state index in [2.05, 4.69) is 81.5 Å². The smallest absolute Gasteiger partial charge is 0.306 e. The first-order chi connectivity index (χ1) is 33.0. The fraction of sp³-hybridized carbons (Fsp3) is 0.787. The van der Waals surface area contributed by atoms with Gasteiger partial charge in [-0.3, -0.25) is 14.4 Å². The van der Waals surface area contributed by atoms with E-state index in [0.29, 0.717) is 19.3 Å². The highest BCUT2D eigenvalue weighted by molar-refractivity contribution is 5.71. The van der Waals surface area contributed by atoms with Gasteiger partial charge in [0.1, 0.15) is 13.2 Å². The Morgan fingerprint density at radius 2 is 0.537 bits per heavy atom. The summed E-state index contributed by atoms with van der Waals surface area (Å²) in [5.41, 5.74) is 0. The fourth-order valence-corrected chi connectivity index (χ4v) is 8.09. The summed E-state index contributed by atoms with van der Waals surface area (Å²) in [7, 11) is 0. The summed E-state index contributed by atoms with van der Waals surface area (Å²) in [6.45, 7) is 6.59. The predicted molar refractivity (Wildman–Crippen MR) is 288 cm³/mol. The molecule has 0 aromatic heterocycles. The van der Waals surface area contributed by atoms with Crippen molar-refractivity contribution in [2.45, 2.75) is 297 Å². The van der Waals surface area contributed by atoms with Crippen molar-refractivity contribution in [1.82, 2.24) is 0 Å². The second kappa shape index (κ2) is 55.7. The Bertz CT molecular complexity index is 1210. The molecule has 0 fully saturated rings. The summed E-state index contributed by atoms with van der Waals surface area (Å²) in [5, 5.41) is 0.